The fourth-order valence-electron chi connectivity index (χ4n) is 3.21. The first kappa shape index (κ1) is 19.6. The van der Waals surface area contributed by atoms with Crippen LogP contribution in [-0.2, 0) is 9.53 Å². The van der Waals surface area contributed by atoms with Crippen molar-refractivity contribution in [2.24, 2.45) is 0 Å². The monoisotopic (exact) mass is 382 g/mol. The number of anilines is 1. The van der Waals surface area contributed by atoms with Gasteiger partial charge >= 0.3 is 5.97 Å². The average molecular weight is 382 g/mol. The van der Waals surface area contributed by atoms with Crippen LogP contribution < -0.4 is 4.90 Å². The van der Waals surface area contributed by atoms with Gasteiger partial charge in [0, 0.05) is 30.4 Å². The molecule has 1 unspecified atom stereocenters. The first-order chi connectivity index (χ1) is 13.5. The molecule has 0 saturated carbocycles. The number of para-hydroxylation sites is 1. The number of carboxylic acid groups (broad SMARTS) is 1. The van der Waals surface area contributed by atoms with Crippen molar-refractivity contribution in [1.29, 1.82) is 0 Å². The lowest BCUT2D eigenvalue weighted by atomic mass is 10.1. The molecule has 0 radical (unpaired) electrons. The lowest BCUT2D eigenvalue weighted by Gasteiger charge is -2.35. The van der Waals surface area contributed by atoms with Crippen LogP contribution in [0.4, 0.5) is 5.69 Å². The molecule has 1 fully saturated rings. The van der Waals surface area contributed by atoms with E-state index in [1.807, 2.05) is 30.3 Å². The molecule has 1 aliphatic rings. The Labute approximate surface area is 163 Å². The molecule has 3 rings (SSSR count). The smallest absolute Gasteiger partial charge is 0.305 e. The van der Waals surface area contributed by atoms with Gasteiger partial charge in [-0.15, -0.1) is 0 Å². The van der Waals surface area contributed by atoms with Gasteiger partial charge in [-0.2, -0.15) is 0 Å². The Balaban J connectivity index is 1.81. The van der Waals surface area contributed by atoms with Gasteiger partial charge in [-0.1, -0.05) is 24.3 Å². The second-order valence-electron chi connectivity index (χ2n) is 6.61. The highest BCUT2D eigenvalue weighted by atomic mass is 16.5. The number of benzene rings is 2. The van der Waals surface area contributed by atoms with Crippen molar-refractivity contribution in [2.45, 2.75) is 12.5 Å². The van der Waals surface area contributed by atoms with E-state index in [1.165, 1.54) is 9.80 Å². The van der Waals surface area contributed by atoms with Gasteiger partial charge in [0.05, 0.1) is 25.7 Å². The van der Waals surface area contributed by atoms with Crippen molar-refractivity contribution in [3.63, 3.8) is 0 Å². The zero-order valence-corrected chi connectivity index (χ0v) is 15.6. The predicted octanol–water partition coefficient (Wildman–Crippen LogP) is 2.28. The molecule has 1 aliphatic heterocycles. The highest BCUT2D eigenvalue weighted by Crippen LogP contribution is 2.19. The number of morpholine rings is 1. The summed E-state index contributed by atoms with van der Waals surface area (Å²) in [5.74, 6) is -1.52. The third kappa shape index (κ3) is 4.37. The van der Waals surface area contributed by atoms with Gasteiger partial charge in [-0.25, -0.2) is 0 Å². The predicted molar refractivity (Wildman–Crippen MR) is 104 cm³/mol. The molecule has 2 aromatic carbocycles. The molecular weight excluding hydrogens is 360 g/mol. The molecule has 146 valence electrons. The fraction of sp³-hybridized carbons (Fsp3) is 0.286. The van der Waals surface area contributed by atoms with Crippen LogP contribution in [0.15, 0.2) is 54.6 Å². The number of carbonyl (C=O) groups excluding carboxylic acids is 2. The molecule has 2 amide bonds. The molecule has 7 nitrogen and oxygen atoms in total. The fourth-order valence-corrected chi connectivity index (χ4v) is 3.21. The van der Waals surface area contributed by atoms with E-state index in [4.69, 9.17) is 9.84 Å². The maximum Gasteiger partial charge on any atom is 0.305 e. The standard InChI is InChI=1S/C21H22N2O5/c1-22(17-8-3-2-4-9-17)20(26)15-6-5-7-16(12-15)21(27)23-10-11-28-14-18(23)13-19(24)25/h2-9,12,18H,10-11,13-14H2,1H3,(H,24,25). The number of nitrogens with zero attached hydrogens (tertiary/aromatic N) is 2. The van der Waals surface area contributed by atoms with Crippen molar-refractivity contribution in [1.82, 2.24) is 4.90 Å². The van der Waals surface area contributed by atoms with Crippen LogP contribution in [0.25, 0.3) is 0 Å². The van der Waals surface area contributed by atoms with Gasteiger partial charge in [0.25, 0.3) is 11.8 Å². The third-order valence-electron chi connectivity index (χ3n) is 4.70. The number of hydrogen-bond acceptors (Lipinski definition) is 4. The number of rotatable bonds is 5. The van der Waals surface area contributed by atoms with Crippen LogP contribution in [0.3, 0.4) is 0 Å². The quantitative estimate of drug-likeness (QED) is 0.857. The van der Waals surface area contributed by atoms with E-state index in [1.54, 1.807) is 31.3 Å². The molecule has 0 aliphatic carbocycles. The maximum absolute atomic E-state index is 13.0. The number of carboxylic acids is 1. The van der Waals surface area contributed by atoms with Gasteiger partial charge in [0.1, 0.15) is 0 Å². The lowest BCUT2D eigenvalue weighted by Crippen LogP contribution is -2.49. The number of aliphatic carboxylic acids is 1. The summed E-state index contributed by atoms with van der Waals surface area (Å²) in [5.41, 5.74) is 1.49. The van der Waals surface area contributed by atoms with Crippen LogP contribution in [0.1, 0.15) is 27.1 Å². The van der Waals surface area contributed by atoms with Crippen LogP contribution in [0, 0.1) is 0 Å². The van der Waals surface area contributed by atoms with Crippen LogP contribution >= 0.6 is 0 Å². The Kier molecular flexibility index (Phi) is 6.06. The Morgan fingerprint density at radius 2 is 1.82 bits per heavy atom. The summed E-state index contributed by atoms with van der Waals surface area (Å²) in [4.78, 5) is 39.9. The Morgan fingerprint density at radius 1 is 1.11 bits per heavy atom. The van der Waals surface area contributed by atoms with Crippen molar-refractivity contribution >= 4 is 23.5 Å². The summed E-state index contributed by atoms with van der Waals surface area (Å²) in [5, 5.41) is 9.08. The molecular formula is C21H22N2O5. The minimum atomic E-state index is -0.985. The van der Waals surface area contributed by atoms with E-state index in [0.717, 1.165) is 5.69 Å². The SMILES string of the molecule is CN(C(=O)c1cccc(C(=O)N2CCOCC2CC(=O)O)c1)c1ccccc1. The van der Waals surface area contributed by atoms with Crippen molar-refractivity contribution in [3.05, 3.63) is 65.7 Å². The summed E-state index contributed by atoms with van der Waals surface area (Å²) < 4.78 is 5.32. The minimum absolute atomic E-state index is 0.179. The number of hydrogen-bond donors (Lipinski definition) is 1. The minimum Gasteiger partial charge on any atom is -0.481 e. The molecule has 7 heteroatoms. The number of carbonyl (C=O) groups is 3. The summed E-state index contributed by atoms with van der Waals surface area (Å²) in [6, 6.07) is 15.2. The molecule has 1 atom stereocenters. The molecule has 0 aromatic heterocycles. The summed E-state index contributed by atoms with van der Waals surface area (Å²) in [6.07, 6.45) is -0.179. The van der Waals surface area contributed by atoms with Gasteiger partial charge in [0.15, 0.2) is 0 Å². The zero-order valence-electron chi connectivity index (χ0n) is 15.6. The molecule has 1 saturated heterocycles. The van der Waals surface area contributed by atoms with Crippen LogP contribution in [0.5, 0.6) is 0 Å². The topological polar surface area (TPSA) is 87.2 Å². The van der Waals surface area contributed by atoms with Gasteiger partial charge in [-0.3, -0.25) is 14.4 Å². The van der Waals surface area contributed by atoms with E-state index in [-0.39, 0.29) is 24.8 Å². The Morgan fingerprint density at radius 3 is 2.54 bits per heavy atom. The third-order valence-corrected chi connectivity index (χ3v) is 4.70. The first-order valence-electron chi connectivity index (χ1n) is 9.01. The second-order valence-corrected chi connectivity index (χ2v) is 6.61. The molecule has 1 N–H and O–H groups in total. The van der Waals surface area contributed by atoms with Crippen molar-refractivity contribution in [2.75, 3.05) is 31.7 Å². The molecule has 0 bridgehead atoms. The van der Waals surface area contributed by atoms with Gasteiger partial charge < -0.3 is 19.6 Å². The lowest BCUT2D eigenvalue weighted by molar-refractivity contribution is -0.139. The number of ether oxygens (including phenoxy) is 1. The van der Waals surface area contributed by atoms with Crippen LogP contribution in [-0.4, -0.2) is 60.6 Å². The maximum atomic E-state index is 13.0. The van der Waals surface area contributed by atoms with E-state index >= 15 is 0 Å². The highest BCUT2D eigenvalue weighted by Gasteiger charge is 2.30. The largest absolute Gasteiger partial charge is 0.481 e. The van der Waals surface area contributed by atoms with Crippen LogP contribution in [0.2, 0.25) is 0 Å². The number of amides is 2. The Hall–Kier alpha value is -3.19. The molecule has 28 heavy (non-hydrogen) atoms. The first-order valence-corrected chi connectivity index (χ1v) is 9.01. The van der Waals surface area contributed by atoms with Gasteiger partial charge in [0.2, 0.25) is 0 Å². The van der Waals surface area contributed by atoms with Gasteiger partial charge in [-0.05, 0) is 30.3 Å². The highest BCUT2D eigenvalue weighted by molar-refractivity contribution is 6.07. The van der Waals surface area contributed by atoms with Crippen molar-refractivity contribution < 1.29 is 24.2 Å². The summed E-state index contributed by atoms with van der Waals surface area (Å²) in [6.45, 7) is 0.865. The summed E-state index contributed by atoms with van der Waals surface area (Å²) >= 11 is 0. The summed E-state index contributed by atoms with van der Waals surface area (Å²) in [7, 11) is 1.68. The molecule has 0 spiro atoms. The Bertz CT molecular complexity index is 868. The molecule has 1 heterocycles. The van der Waals surface area contributed by atoms with E-state index in [9.17, 15) is 14.4 Å². The van der Waals surface area contributed by atoms with E-state index in [0.29, 0.717) is 24.3 Å². The second kappa shape index (κ2) is 8.67. The van der Waals surface area contributed by atoms with E-state index in [2.05, 4.69) is 0 Å². The van der Waals surface area contributed by atoms with Crippen molar-refractivity contribution in [3.8, 4) is 0 Å². The normalized spacial score (nSPS) is 16.5. The molecule has 2 aromatic rings. The average Bonchev–Trinajstić information content (AvgIpc) is 2.73. The van der Waals surface area contributed by atoms with E-state index < -0.39 is 12.0 Å². The zero-order chi connectivity index (χ0) is 20.1.